The molecule has 11 N–H and O–H groups in total. The van der Waals surface area contributed by atoms with Gasteiger partial charge in [-0.1, -0.05) is 39.5 Å². The zero-order valence-corrected chi connectivity index (χ0v) is 24.8. The summed E-state index contributed by atoms with van der Waals surface area (Å²) in [5, 5.41) is 8.79. The number of hydrogen-bond acceptors (Lipinski definition) is 8. The third-order valence-electron chi connectivity index (χ3n) is 6.73. The first-order valence-corrected chi connectivity index (χ1v) is 14.5. The second-order valence-corrected chi connectivity index (χ2v) is 10.4. The first-order chi connectivity index (χ1) is 20.4. The number of nitrogens with one attached hydrogen (secondary N) is 3. The summed E-state index contributed by atoms with van der Waals surface area (Å²) in [4.78, 5) is 66.7. The van der Waals surface area contributed by atoms with Crippen LogP contribution in [-0.4, -0.2) is 54.3 Å². The highest BCUT2D eigenvalue weighted by atomic mass is 16.4. The van der Waals surface area contributed by atoms with E-state index in [-0.39, 0.29) is 18.0 Å². The molecule has 0 bridgehead atoms. The van der Waals surface area contributed by atoms with Crippen molar-refractivity contribution in [3.8, 4) is 0 Å². The zero-order valence-electron chi connectivity index (χ0n) is 24.8. The normalized spacial score (nSPS) is 13.0. The molecule has 3 atom stereocenters. The Hall–Kier alpha value is -4.46. The number of carbonyl (C=O) groups is 4. The van der Waals surface area contributed by atoms with Crippen LogP contribution in [0.4, 0.5) is 5.69 Å². The summed E-state index contributed by atoms with van der Waals surface area (Å²) < 4.78 is 5.27. The summed E-state index contributed by atoms with van der Waals surface area (Å²) >= 11 is 0. The molecule has 14 nitrogen and oxygen atoms in total. The molecule has 236 valence electrons. The summed E-state index contributed by atoms with van der Waals surface area (Å²) in [5.74, 6) is -2.10. The number of anilines is 1. The number of aliphatic imine (C=N–C) groups is 1. The van der Waals surface area contributed by atoms with E-state index in [1.165, 1.54) is 12.1 Å². The maximum Gasteiger partial charge on any atom is 0.336 e. The van der Waals surface area contributed by atoms with E-state index >= 15 is 0 Å². The van der Waals surface area contributed by atoms with Crippen molar-refractivity contribution >= 4 is 46.2 Å². The molecule has 2 rings (SSSR count). The Balaban J connectivity index is 2.16. The van der Waals surface area contributed by atoms with Crippen molar-refractivity contribution in [3.63, 3.8) is 0 Å². The van der Waals surface area contributed by atoms with Crippen molar-refractivity contribution < 1.29 is 23.6 Å². The van der Waals surface area contributed by atoms with Gasteiger partial charge >= 0.3 is 5.63 Å². The van der Waals surface area contributed by atoms with Crippen molar-refractivity contribution in [3.05, 3.63) is 40.2 Å². The van der Waals surface area contributed by atoms with Crippen LogP contribution in [-0.2, 0) is 25.6 Å². The van der Waals surface area contributed by atoms with Gasteiger partial charge in [-0.15, -0.1) is 0 Å². The van der Waals surface area contributed by atoms with Crippen LogP contribution in [0.3, 0.4) is 0 Å². The first-order valence-electron chi connectivity index (χ1n) is 14.5. The van der Waals surface area contributed by atoms with E-state index in [1.807, 2.05) is 13.8 Å². The van der Waals surface area contributed by atoms with Crippen LogP contribution in [0.5, 0.6) is 0 Å². The molecule has 0 unspecified atom stereocenters. The Bertz CT molecular complexity index is 1350. The summed E-state index contributed by atoms with van der Waals surface area (Å²) in [5.41, 5.74) is 22.2. The fraction of sp³-hybridized carbons (Fsp3) is 0.517. The Morgan fingerprint density at radius 2 is 1.49 bits per heavy atom. The summed E-state index contributed by atoms with van der Waals surface area (Å²) in [7, 11) is 0. The zero-order chi connectivity index (χ0) is 31.9. The molecule has 14 heteroatoms. The van der Waals surface area contributed by atoms with Crippen LogP contribution in [0.25, 0.3) is 11.0 Å². The number of primary amides is 1. The Morgan fingerprint density at radius 3 is 2.09 bits per heavy atom. The van der Waals surface area contributed by atoms with Gasteiger partial charge in [0.1, 0.15) is 17.7 Å². The van der Waals surface area contributed by atoms with E-state index < -0.39 is 47.4 Å². The molecular weight excluding hydrogens is 556 g/mol. The summed E-state index contributed by atoms with van der Waals surface area (Å²) in [6.45, 7) is 4.26. The number of rotatable bonds is 18. The van der Waals surface area contributed by atoms with Crippen LogP contribution in [0.1, 0.15) is 70.8 Å². The average Bonchev–Trinajstić information content (AvgIpc) is 2.94. The summed E-state index contributed by atoms with van der Waals surface area (Å²) in [6.07, 6.45) is 4.31. The lowest BCUT2D eigenvalue weighted by Crippen LogP contribution is -2.55. The molecule has 2 aromatic rings. The monoisotopic (exact) mass is 600 g/mol. The SMILES string of the molecule is CCCC[C@H](NC(=O)[C@H](CCCC)NC(=O)[C@@H](N)CCCN=C(N)N)C(=O)Nc1ccc2c(CC(N)=O)cc(=O)oc2c1. The number of carbonyl (C=O) groups excluding carboxylic acids is 4. The molecular formula is C29H44N8O6. The first kappa shape index (κ1) is 34.7. The van der Waals surface area contributed by atoms with Crippen molar-refractivity contribution in [1.29, 1.82) is 0 Å². The lowest BCUT2D eigenvalue weighted by Gasteiger charge is -2.24. The Kier molecular flexibility index (Phi) is 14.1. The minimum Gasteiger partial charge on any atom is -0.423 e. The lowest BCUT2D eigenvalue weighted by molar-refractivity contribution is -0.131. The number of amides is 4. The highest BCUT2D eigenvalue weighted by Gasteiger charge is 2.28. The number of fused-ring (bicyclic) bond motifs is 1. The molecule has 1 aromatic carbocycles. The average molecular weight is 601 g/mol. The van der Waals surface area contributed by atoms with Crippen LogP contribution in [0.2, 0.25) is 0 Å². The van der Waals surface area contributed by atoms with E-state index in [1.54, 1.807) is 12.1 Å². The van der Waals surface area contributed by atoms with Gasteiger partial charge in [0, 0.05) is 29.8 Å². The predicted octanol–water partition coefficient (Wildman–Crippen LogP) is 0.490. The van der Waals surface area contributed by atoms with Gasteiger partial charge in [-0.2, -0.15) is 0 Å². The minimum absolute atomic E-state index is 0.0439. The van der Waals surface area contributed by atoms with Crippen molar-refractivity contribution in [1.82, 2.24) is 10.6 Å². The van der Waals surface area contributed by atoms with Gasteiger partial charge in [0.25, 0.3) is 0 Å². The number of unbranched alkanes of at least 4 members (excludes halogenated alkanes) is 2. The van der Waals surface area contributed by atoms with Crippen molar-refractivity contribution in [2.24, 2.45) is 27.9 Å². The molecule has 4 amide bonds. The Labute approximate surface area is 250 Å². The predicted molar refractivity (Wildman–Crippen MR) is 165 cm³/mol. The fourth-order valence-electron chi connectivity index (χ4n) is 4.43. The number of guanidine groups is 1. The van der Waals surface area contributed by atoms with Gasteiger partial charge in [-0.25, -0.2) is 4.79 Å². The van der Waals surface area contributed by atoms with Crippen molar-refractivity contribution in [2.45, 2.75) is 89.8 Å². The molecule has 0 saturated heterocycles. The minimum atomic E-state index is -0.898. The molecule has 0 aliphatic heterocycles. The fourth-order valence-corrected chi connectivity index (χ4v) is 4.43. The van der Waals surface area contributed by atoms with E-state index in [0.717, 1.165) is 12.8 Å². The molecule has 0 spiro atoms. The maximum absolute atomic E-state index is 13.3. The standard InChI is InChI=1S/C29H44N8O6/c1-3-5-9-21(27(41)35-18-11-12-19-17(14-24(31)38)15-25(39)43-23(19)16-18)37-28(42)22(10-6-4-2)36-26(40)20(30)8-7-13-34-29(32)33/h11-12,15-16,20-22H,3-10,13-14,30H2,1-2H3,(H2,31,38)(H,35,41)(H,36,40)(H,37,42)(H4,32,33,34)/t20-,21-,22-/m0/s1. The van der Waals surface area contributed by atoms with Gasteiger partial charge < -0.3 is 43.3 Å². The molecule has 0 radical (unpaired) electrons. The molecule has 1 aromatic heterocycles. The largest absolute Gasteiger partial charge is 0.423 e. The number of nitrogens with zero attached hydrogens (tertiary/aromatic N) is 1. The topological polar surface area (TPSA) is 251 Å². The van der Waals surface area contributed by atoms with Crippen LogP contribution in [0.15, 0.2) is 38.5 Å². The maximum atomic E-state index is 13.3. The van der Waals surface area contributed by atoms with E-state index in [4.69, 9.17) is 27.4 Å². The molecule has 43 heavy (non-hydrogen) atoms. The molecule has 0 aliphatic carbocycles. The van der Waals surface area contributed by atoms with Gasteiger partial charge in [0.05, 0.1) is 12.5 Å². The second kappa shape index (κ2) is 17.5. The molecule has 0 aliphatic rings. The van der Waals surface area contributed by atoms with Gasteiger partial charge in [0.2, 0.25) is 23.6 Å². The highest BCUT2D eigenvalue weighted by Crippen LogP contribution is 2.22. The highest BCUT2D eigenvalue weighted by molar-refractivity contribution is 6.00. The van der Waals surface area contributed by atoms with E-state index in [2.05, 4.69) is 20.9 Å². The second-order valence-electron chi connectivity index (χ2n) is 10.4. The van der Waals surface area contributed by atoms with Crippen LogP contribution >= 0.6 is 0 Å². The smallest absolute Gasteiger partial charge is 0.336 e. The quantitative estimate of drug-likeness (QED) is 0.0543. The van der Waals surface area contributed by atoms with Gasteiger partial charge in [-0.3, -0.25) is 24.2 Å². The molecule has 1 heterocycles. The van der Waals surface area contributed by atoms with Crippen molar-refractivity contribution in [2.75, 3.05) is 11.9 Å². The van der Waals surface area contributed by atoms with E-state index in [0.29, 0.717) is 61.7 Å². The van der Waals surface area contributed by atoms with Gasteiger partial charge in [-0.05, 0) is 43.4 Å². The summed E-state index contributed by atoms with van der Waals surface area (Å²) in [6, 6.07) is 3.25. The van der Waals surface area contributed by atoms with Crippen LogP contribution < -0.4 is 44.5 Å². The third-order valence-corrected chi connectivity index (χ3v) is 6.73. The van der Waals surface area contributed by atoms with Gasteiger partial charge in [0.15, 0.2) is 5.96 Å². The molecule has 0 fully saturated rings. The lowest BCUT2D eigenvalue weighted by atomic mass is 10.0. The van der Waals surface area contributed by atoms with E-state index in [9.17, 15) is 24.0 Å². The Morgan fingerprint density at radius 1 is 0.860 bits per heavy atom. The van der Waals surface area contributed by atoms with Crippen LogP contribution in [0, 0.1) is 0 Å². The number of hydrogen-bond donors (Lipinski definition) is 7. The number of nitrogens with two attached hydrogens (primary N) is 4. The number of benzene rings is 1. The molecule has 0 saturated carbocycles. The third kappa shape index (κ3) is 11.7.